The SMILES string of the molecule is Cc1ccc(C2C=C(N)ON2CCC(c2ccccc2)c2ccccc2)o1. The highest BCUT2D eigenvalue weighted by Crippen LogP contribution is 2.34. The summed E-state index contributed by atoms with van der Waals surface area (Å²) in [7, 11) is 0. The number of benzene rings is 2. The number of furan rings is 1. The van der Waals surface area contributed by atoms with E-state index in [1.807, 2.05) is 30.2 Å². The molecule has 1 aliphatic rings. The maximum atomic E-state index is 5.94. The lowest BCUT2D eigenvalue weighted by Gasteiger charge is -2.25. The molecule has 138 valence electrons. The molecule has 1 atom stereocenters. The van der Waals surface area contributed by atoms with Gasteiger partial charge < -0.3 is 15.0 Å². The molecule has 3 aromatic rings. The van der Waals surface area contributed by atoms with E-state index in [0.717, 1.165) is 24.5 Å². The van der Waals surface area contributed by atoms with Gasteiger partial charge in [-0.15, -0.1) is 5.06 Å². The Labute approximate surface area is 159 Å². The summed E-state index contributed by atoms with van der Waals surface area (Å²) in [5.41, 5.74) is 8.54. The molecule has 1 aliphatic heterocycles. The molecule has 1 aromatic heterocycles. The highest BCUT2D eigenvalue weighted by atomic mass is 16.7. The zero-order valence-corrected chi connectivity index (χ0v) is 15.4. The number of hydrogen-bond donors (Lipinski definition) is 1. The third-order valence-electron chi connectivity index (χ3n) is 4.95. The predicted octanol–water partition coefficient (Wildman–Crippen LogP) is 4.90. The lowest BCUT2D eigenvalue weighted by atomic mass is 9.88. The highest BCUT2D eigenvalue weighted by Gasteiger charge is 2.30. The van der Waals surface area contributed by atoms with E-state index in [1.165, 1.54) is 11.1 Å². The molecule has 2 heterocycles. The summed E-state index contributed by atoms with van der Waals surface area (Å²) < 4.78 is 5.80. The van der Waals surface area contributed by atoms with Crippen molar-refractivity contribution in [2.45, 2.75) is 25.3 Å². The summed E-state index contributed by atoms with van der Waals surface area (Å²) in [6.45, 7) is 2.67. The van der Waals surface area contributed by atoms with Crippen molar-refractivity contribution in [2.24, 2.45) is 5.73 Å². The normalized spacial score (nSPS) is 17.1. The second-order valence-electron chi connectivity index (χ2n) is 6.86. The van der Waals surface area contributed by atoms with Gasteiger partial charge in [0, 0.05) is 18.5 Å². The Morgan fingerprint density at radius 2 is 1.56 bits per heavy atom. The van der Waals surface area contributed by atoms with Crippen molar-refractivity contribution in [2.75, 3.05) is 6.54 Å². The zero-order chi connectivity index (χ0) is 18.6. The Morgan fingerprint density at radius 1 is 0.926 bits per heavy atom. The smallest absolute Gasteiger partial charge is 0.207 e. The van der Waals surface area contributed by atoms with E-state index in [-0.39, 0.29) is 12.0 Å². The molecular weight excluding hydrogens is 336 g/mol. The number of rotatable bonds is 6. The molecule has 0 bridgehead atoms. The van der Waals surface area contributed by atoms with Gasteiger partial charge in [0.1, 0.15) is 17.6 Å². The first-order valence-corrected chi connectivity index (χ1v) is 9.29. The summed E-state index contributed by atoms with van der Waals surface area (Å²) in [5, 5.41) is 1.91. The van der Waals surface area contributed by atoms with Gasteiger partial charge in [-0.2, -0.15) is 0 Å². The molecule has 27 heavy (non-hydrogen) atoms. The van der Waals surface area contributed by atoms with Crippen LogP contribution in [-0.4, -0.2) is 11.6 Å². The monoisotopic (exact) mass is 360 g/mol. The lowest BCUT2D eigenvalue weighted by molar-refractivity contribution is -0.124. The van der Waals surface area contributed by atoms with Crippen molar-refractivity contribution in [3.8, 4) is 0 Å². The third-order valence-corrected chi connectivity index (χ3v) is 4.95. The molecule has 0 saturated carbocycles. The molecule has 0 fully saturated rings. The second kappa shape index (κ2) is 7.72. The number of nitrogens with zero attached hydrogens (tertiary/aromatic N) is 1. The maximum Gasteiger partial charge on any atom is 0.207 e. The number of hydrogen-bond acceptors (Lipinski definition) is 4. The van der Waals surface area contributed by atoms with E-state index < -0.39 is 0 Å². The van der Waals surface area contributed by atoms with E-state index in [1.54, 1.807) is 0 Å². The third kappa shape index (κ3) is 3.91. The van der Waals surface area contributed by atoms with Gasteiger partial charge in [-0.05, 0) is 36.6 Å². The quantitative estimate of drug-likeness (QED) is 0.679. The Bertz CT molecular complexity index is 863. The highest BCUT2D eigenvalue weighted by molar-refractivity contribution is 5.32. The van der Waals surface area contributed by atoms with Crippen LogP contribution in [-0.2, 0) is 4.84 Å². The van der Waals surface area contributed by atoms with Crippen molar-refractivity contribution in [1.29, 1.82) is 0 Å². The number of nitrogens with two attached hydrogens (primary N) is 1. The number of aryl methyl sites for hydroxylation is 1. The summed E-state index contributed by atoms with van der Waals surface area (Å²) in [4.78, 5) is 5.77. The minimum Gasteiger partial charge on any atom is -0.464 e. The summed E-state index contributed by atoms with van der Waals surface area (Å²) in [6, 6.07) is 25.0. The van der Waals surface area contributed by atoms with E-state index in [4.69, 9.17) is 15.0 Å². The molecular formula is C23H24N2O2. The summed E-state index contributed by atoms with van der Waals surface area (Å²) in [5.74, 6) is 2.45. The standard InChI is InChI=1S/C23H24N2O2/c1-17-12-13-22(26-17)21-16-23(24)27-25(21)15-14-20(18-8-4-2-5-9-18)19-10-6-3-7-11-19/h2-13,16,20-21H,14-15,24H2,1H3. The fourth-order valence-corrected chi connectivity index (χ4v) is 3.64. The Kier molecular flexibility index (Phi) is 4.99. The molecule has 0 amide bonds. The second-order valence-corrected chi connectivity index (χ2v) is 6.86. The Morgan fingerprint density at radius 3 is 2.11 bits per heavy atom. The van der Waals surface area contributed by atoms with Gasteiger partial charge in [0.15, 0.2) is 0 Å². The minimum absolute atomic E-state index is 0.0918. The van der Waals surface area contributed by atoms with Crippen molar-refractivity contribution in [3.05, 3.63) is 107 Å². The zero-order valence-electron chi connectivity index (χ0n) is 15.4. The average Bonchev–Trinajstić information content (AvgIpc) is 3.29. The molecule has 0 saturated heterocycles. The van der Waals surface area contributed by atoms with Gasteiger partial charge in [-0.3, -0.25) is 0 Å². The van der Waals surface area contributed by atoms with Crippen LogP contribution in [0, 0.1) is 6.92 Å². The largest absolute Gasteiger partial charge is 0.464 e. The van der Waals surface area contributed by atoms with E-state index in [9.17, 15) is 0 Å². The van der Waals surface area contributed by atoms with Crippen LogP contribution in [0.25, 0.3) is 0 Å². The molecule has 2 N–H and O–H groups in total. The van der Waals surface area contributed by atoms with Gasteiger partial charge >= 0.3 is 0 Å². The minimum atomic E-state index is -0.0918. The van der Waals surface area contributed by atoms with Crippen molar-refractivity contribution < 1.29 is 9.25 Å². The molecule has 4 rings (SSSR count). The first kappa shape index (κ1) is 17.4. The maximum absolute atomic E-state index is 5.94. The molecule has 1 unspecified atom stereocenters. The molecule has 4 heteroatoms. The van der Waals surface area contributed by atoms with Crippen LogP contribution in [0.1, 0.15) is 41.0 Å². The van der Waals surface area contributed by atoms with E-state index in [0.29, 0.717) is 5.88 Å². The summed E-state index contributed by atoms with van der Waals surface area (Å²) in [6.07, 6.45) is 2.81. The van der Waals surface area contributed by atoms with Crippen molar-refractivity contribution in [3.63, 3.8) is 0 Å². The molecule has 0 spiro atoms. The van der Waals surface area contributed by atoms with Crippen LogP contribution in [0.5, 0.6) is 0 Å². The average molecular weight is 360 g/mol. The Hall–Kier alpha value is -2.98. The lowest BCUT2D eigenvalue weighted by Crippen LogP contribution is -2.26. The predicted molar refractivity (Wildman–Crippen MR) is 106 cm³/mol. The molecule has 4 nitrogen and oxygen atoms in total. The van der Waals surface area contributed by atoms with Crippen LogP contribution < -0.4 is 5.73 Å². The molecule has 0 aliphatic carbocycles. The van der Waals surface area contributed by atoms with Gasteiger partial charge in [0.25, 0.3) is 0 Å². The van der Waals surface area contributed by atoms with Crippen LogP contribution in [0.3, 0.4) is 0 Å². The molecule has 0 radical (unpaired) electrons. The van der Waals surface area contributed by atoms with Gasteiger partial charge in [-0.25, -0.2) is 0 Å². The van der Waals surface area contributed by atoms with Gasteiger partial charge in [0.05, 0.1) is 0 Å². The van der Waals surface area contributed by atoms with Crippen LogP contribution >= 0.6 is 0 Å². The van der Waals surface area contributed by atoms with Crippen LogP contribution in [0.15, 0.2) is 89.2 Å². The number of hydroxylamine groups is 2. The van der Waals surface area contributed by atoms with Crippen LogP contribution in [0.2, 0.25) is 0 Å². The fraction of sp³-hybridized carbons (Fsp3) is 0.217. The topological polar surface area (TPSA) is 51.6 Å². The van der Waals surface area contributed by atoms with Gasteiger partial charge in [0.2, 0.25) is 5.88 Å². The van der Waals surface area contributed by atoms with Crippen LogP contribution in [0.4, 0.5) is 0 Å². The Balaban J connectivity index is 1.54. The fourth-order valence-electron chi connectivity index (χ4n) is 3.64. The first-order valence-electron chi connectivity index (χ1n) is 9.29. The van der Waals surface area contributed by atoms with E-state index in [2.05, 4.69) is 60.7 Å². The van der Waals surface area contributed by atoms with E-state index >= 15 is 0 Å². The first-order chi connectivity index (χ1) is 13.2. The summed E-state index contributed by atoms with van der Waals surface area (Å²) >= 11 is 0. The molecule has 2 aromatic carbocycles. The van der Waals surface area contributed by atoms with Gasteiger partial charge in [-0.1, -0.05) is 60.7 Å². The van der Waals surface area contributed by atoms with Crippen molar-refractivity contribution >= 4 is 0 Å². The van der Waals surface area contributed by atoms with Crippen molar-refractivity contribution in [1.82, 2.24) is 5.06 Å².